The molecule has 2 aromatic rings. The fourth-order valence-corrected chi connectivity index (χ4v) is 2.68. The predicted molar refractivity (Wildman–Crippen MR) is 82.3 cm³/mol. The molecule has 0 aliphatic carbocycles. The van der Waals surface area contributed by atoms with Crippen LogP contribution in [0.1, 0.15) is 36.6 Å². The van der Waals surface area contributed by atoms with Gasteiger partial charge in [0.05, 0.1) is 0 Å². The van der Waals surface area contributed by atoms with E-state index in [1.54, 1.807) is 0 Å². The average molecular weight is 289 g/mol. The Bertz CT molecular complexity index is 590. The molecule has 0 aromatic heterocycles. The highest BCUT2D eigenvalue weighted by molar-refractivity contribution is 5.28. The lowest BCUT2D eigenvalue weighted by Gasteiger charge is -2.22. The minimum atomic E-state index is -0.479. The summed E-state index contributed by atoms with van der Waals surface area (Å²) in [5.41, 5.74) is 2.56. The highest BCUT2D eigenvalue weighted by Gasteiger charge is 2.15. The van der Waals surface area contributed by atoms with Crippen molar-refractivity contribution in [2.24, 2.45) is 0 Å². The summed E-state index contributed by atoms with van der Waals surface area (Å²) in [5.74, 6) is -0.959. The van der Waals surface area contributed by atoms with Crippen LogP contribution in [0.25, 0.3) is 0 Å². The van der Waals surface area contributed by atoms with Crippen LogP contribution < -0.4 is 5.32 Å². The van der Waals surface area contributed by atoms with Crippen LogP contribution in [0.2, 0.25) is 0 Å². The molecular weight excluding hydrogens is 268 g/mol. The van der Waals surface area contributed by atoms with Gasteiger partial charge >= 0.3 is 0 Å². The molecule has 1 nitrogen and oxygen atoms in total. The van der Waals surface area contributed by atoms with Crippen LogP contribution in [0.5, 0.6) is 0 Å². The smallest absolute Gasteiger partial charge is 0.129 e. The molecule has 3 heteroatoms. The Labute approximate surface area is 125 Å². The van der Waals surface area contributed by atoms with Crippen molar-refractivity contribution in [3.63, 3.8) is 0 Å². The molecular formula is C18H21F2N. The number of hydrogen-bond donors (Lipinski definition) is 1. The van der Waals surface area contributed by atoms with Crippen molar-refractivity contribution in [2.75, 3.05) is 0 Å². The van der Waals surface area contributed by atoms with Crippen molar-refractivity contribution in [3.8, 4) is 0 Å². The highest BCUT2D eigenvalue weighted by atomic mass is 19.1. The fraction of sp³-hybridized carbons (Fsp3) is 0.333. The van der Waals surface area contributed by atoms with Crippen molar-refractivity contribution in [2.45, 2.75) is 39.3 Å². The zero-order valence-electron chi connectivity index (χ0n) is 12.7. The number of nitrogens with one attached hydrogen (secondary N) is 1. The van der Waals surface area contributed by atoms with Gasteiger partial charge in [-0.25, -0.2) is 8.78 Å². The van der Waals surface area contributed by atoms with Crippen molar-refractivity contribution < 1.29 is 8.78 Å². The molecule has 112 valence electrons. The Balaban J connectivity index is 2.05. The zero-order valence-corrected chi connectivity index (χ0v) is 12.7. The van der Waals surface area contributed by atoms with E-state index < -0.39 is 11.6 Å². The molecule has 0 radical (unpaired) electrons. The summed E-state index contributed by atoms with van der Waals surface area (Å²) < 4.78 is 27.3. The lowest BCUT2D eigenvalue weighted by molar-refractivity contribution is 0.456. The van der Waals surface area contributed by atoms with Crippen LogP contribution in [-0.2, 0) is 6.42 Å². The third-order valence-electron chi connectivity index (χ3n) is 3.76. The maximum atomic E-state index is 13.7. The van der Waals surface area contributed by atoms with E-state index in [-0.39, 0.29) is 17.6 Å². The molecule has 0 amide bonds. The summed E-state index contributed by atoms with van der Waals surface area (Å²) in [4.78, 5) is 0. The van der Waals surface area contributed by atoms with Gasteiger partial charge in [-0.2, -0.15) is 0 Å². The van der Waals surface area contributed by atoms with Crippen LogP contribution in [0.15, 0.2) is 42.5 Å². The molecule has 2 aromatic carbocycles. The van der Waals surface area contributed by atoms with Crippen molar-refractivity contribution >= 4 is 0 Å². The molecule has 2 rings (SSSR count). The first-order valence-corrected chi connectivity index (χ1v) is 7.23. The Morgan fingerprint density at radius 3 is 2.19 bits per heavy atom. The standard InChI is InChI=1S/C18H21F2N/c1-12-7-4-5-8-15(12)14(3)21-13(2)11-16-17(19)9-6-10-18(16)20/h4-10,13-14,21H,11H2,1-3H3. The predicted octanol–water partition coefficient (Wildman–Crippen LogP) is 4.56. The van der Waals surface area contributed by atoms with Crippen molar-refractivity contribution in [1.29, 1.82) is 0 Å². The number of benzene rings is 2. The van der Waals surface area contributed by atoms with Crippen LogP contribution in [0.4, 0.5) is 8.78 Å². The maximum absolute atomic E-state index is 13.7. The lowest BCUT2D eigenvalue weighted by atomic mass is 10.00. The van der Waals surface area contributed by atoms with Gasteiger partial charge < -0.3 is 5.32 Å². The van der Waals surface area contributed by atoms with Crippen LogP contribution in [0.3, 0.4) is 0 Å². The first kappa shape index (κ1) is 15.6. The molecule has 2 unspecified atom stereocenters. The van der Waals surface area contributed by atoms with E-state index in [0.29, 0.717) is 6.42 Å². The maximum Gasteiger partial charge on any atom is 0.129 e. The molecule has 0 heterocycles. The number of aryl methyl sites for hydroxylation is 1. The summed E-state index contributed by atoms with van der Waals surface area (Å²) in [6, 6.07) is 12.2. The molecule has 0 saturated heterocycles. The second-order valence-electron chi connectivity index (χ2n) is 5.55. The minimum absolute atomic E-state index is 0.0222. The number of halogens is 2. The second kappa shape index (κ2) is 6.81. The largest absolute Gasteiger partial charge is 0.307 e. The van der Waals surface area contributed by atoms with E-state index in [1.165, 1.54) is 29.3 Å². The molecule has 0 saturated carbocycles. The Morgan fingerprint density at radius 2 is 1.57 bits per heavy atom. The van der Waals surface area contributed by atoms with Gasteiger partial charge in [0.1, 0.15) is 11.6 Å². The minimum Gasteiger partial charge on any atom is -0.307 e. The SMILES string of the molecule is Cc1ccccc1C(C)NC(C)Cc1c(F)cccc1F. The zero-order chi connectivity index (χ0) is 15.4. The summed E-state index contributed by atoms with van der Waals surface area (Å²) in [5, 5.41) is 3.41. The van der Waals surface area contributed by atoms with Crippen LogP contribution in [0, 0.1) is 18.6 Å². The van der Waals surface area contributed by atoms with Gasteiger partial charge in [-0.15, -0.1) is 0 Å². The first-order chi connectivity index (χ1) is 9.99. The monoisotopic (exact) mass is 289 g/mol. The Morgan fingerprint density at radius 1 is 0.952 bits per heavy atom. The van der Waals surface area contributed by atoms with E-state index >= 15 is 0 Å². The van der Waals surface area contributed by atoms with Crippen molar-refractivity contribution in [3.05, 3.63) is 70.8 Å². The van der Waals surface area contributed by atoms with Crippen molar-refractivity contribution in [1.82, 2.24) is 5.32 Å². The molecule has 2 atom stereocenters. The van der Waals surface area contributed by atoms with Gasteiger partial charge in [-0.05, 0) is 50.5 Å². The topological polar surface area (TPSA) is 12.0 Å². The van der Waals surface area contributed by atoms with Gasteiger partial charge in [0, 0.05) is 17.6 Å². The van der Waals surface area contributed by atoms with Crippen LogP contribution >= 0.6 is 0 Å². The highest BCUT2D eigenvalue weighted by Crippen LogP contribution is 2.19. The first-order valence-electron chi connectivity index (χ1n) is 7.23. The van der Waals surface area contributed by atoms with Gasteiger partial charge in [0.25, 0.3) is 0 Å². The summed E-state index contributed by atoms with van der Waals surface area (Å²) in [6.07, 6.45) is 0.328. The number of hydrogen-bond acceptors (Lipinski definition) is 1. The second-order valence-corrected chi connectivity index (χ2v) is 5.55. The Hall–Kier alpha value is -1.74. The van der Waals surface area contributed by atoms with Gasteiger partial charge in [-0.1, -0.05) is 30.3 Å². The third kappa shape index (κ3) is 3.88. The lowest BCUT2D eigenvalue weighted by Crippen LogP contribution is -2.31. The van der Waals surface area contributed by atoms with Gasteiger partial charge in [0.15, 0.2) is 0 Å². The quantitative estimate of drug-likeness (QED) is 0.851. The molecule has 0 aliphatic rings. The molecule has 0 spiro atoms. The summed E-state index contributed by atoms with van der Waals surface area (Å²) in [7, 11) is 0. The third-order valence-corrected chi connectivity index (χ3v) is 3.76. The molecule has 1 N–H and O–H groups in total. The summed E-state index contributed by atoms with van der Waals surface area (Å²) >= 11 is 0. The van der Waals surface area contributed by atoms with E-state index in [0.717, 1.165) is 0 Å². The molecule has 21 heavy (non-hydrogen) atoms. The van der Waals surface area contributed by atoms with Gasteiger partial charge in [-0.3, -0.25) is 0 Å². The Kier molecular flexibility index (Phi) is 5.07. The molecule has 0 aliphatic heterocycles. The van der Waals surface area contributed by atoms with E-state index in [1.807, 2.05) is 19.1 Å². The molecule has 0 fully saturated rings. The fourth-order valence-electron chi connectivity index (χ4n) is 2.68. The number of rotatable bonds is 5. The average Bonchev–Trinajstić information content (AvgIpc) is 2.43. The van der Waals surface area contributed by atoms with Crippen LogP contribution in [-0.4, -0.2) is 6.04 Å². The van der Waals surface area contributed by atoms with Gasteiger partial charge in [0.2, 0.25) is 0 Å². The summed E-state index contributed by atoms with van der Waals surface area (Å²) in [6.45, 7) is 6.08. The van der Waals surface area contributed by atoms with E-state index in [4.69, 9.17) is 0 Å². The normalized spacial score (nSPS) is 14.0. The van der Waals surface area contributed by atoms with E-state index in [2.05, 4.69) is 31.3 Å². The van der Waals surface area contributed by atoms with E-state index in [9.17, 15) is 8.78 Å². The molecule has 0 bridgehead atoms.